The van der Waals surface area contributed by atoms with Crippen molar-refractivity contribution < 1.29 is 4.79 Å². The molecule has 0 atom stereocenters. The SMILES string of the molecule is C=CCN(CC=C)c1ccc2[c](c1)[Ge]([CH2]C)([CH2]C)[c]1cc(N(CC=C)CC=C)ccc1C2=O. The van der Waals surface area contributed by atoms with Crippen molar-refractivity contribution in [2.75, 3.05) is 36.0 Å². The van der Waals surface area contributed by atoms with Crippen molar-refractivity contribution in [2.24, 2.45) is 0 Å². The van der Waals surface area contributed by atoms with Gasteiger partial charge in [0, 0.05) is 0 Å². The van der Waals surface area contributed by atoms with Crippen LogP contribution in [-0.2, 0) is 0 Å². The minimum absolute atomic E-state index is 0.152. The molecule has 1 heterocycles. The third-order valence-electron chi connectivity index (χ3n) is 6.86. The first-order valence-electron chi connectivity index (χ1n) is 11.8. The molecule has 3 rings (SSSR count). The molecule has 0 saturated heterocycles. The van der Waals surface area contributed by atoms with Crippen molar-refractivity contribution in [3.63, 3.8) is 0 Å². The maximum absolute atomic E-state index is 13.6. The number of carbonyl (C=O) groups is 1. The van der Waals surface area contributed by atoms with Gasteiger partial charge in [-0.2, -0.15) is 0 Å². The van der Waals surface area contributed by atoms with Gasteiger partial charge in [0.2, 0.25) is 0 Å². The summed E-state index contributed by atoms with van der Waals surface area (Å²) in [4.78, 5) is 18.1. The Bertz CT molecular complexity index is 968. The fraction of sp³-hybridized carbons (Fsp3) is 0.276. The number of hydrogen-bond donors (Lipinski definition) is 0. The van der Waals surface area contributed by atoms with Crippen molar-refractivity contribution in [3.8, 4) is 0 Å². The summed E-state index contributed by atoms with van der Waals surface area (Å²) in [6, 6.07) is 12.9. The van der Waals surface area contributed by atoms with Gasteiger partial charge < -0.3 is 0 Å². The summed E-state index contributed by atoms with van der Waals surface area (Å²) in [7, 11) is 0. The maximum atomic E-state index is 13.6. The molecule has 0 fully saturated rings. The van der Waals surface area contributed by atoms with Gasteiger partial charge in [-0.1, -0.05) is 0 Å². The monoisotopic (exact) mass is 502 g/mol. The first kappa shape index (κ1) is 24.8. The fourth-order valence-electron chi connectivity index (χ4n) is 5.14. The van der Waals surface area contributed by atoms with E-state index in [4.69, 9.17) is 0 Å². The van der Waals surface area contributed by atoms with Crippen LogP contribution in [0.3, 0.4) is 0 Å². The van der Waals surface area contributed by atoms with Gasteiger partial charge >= 0.3 is 202 Å². The van der Waals surface area contributed by atoms with E-state index in [0.717, 1.165) is 59.2 Å². The molecule has 0 amide bonds. The molecule has 0 aromatic heterocycles. The van der Waals surface area contributed by atoms with Gasteiger partial charge in [0.15, 0.2) is 0 Å². The molecule has 0 bridgehead atoms. The second kappa shape index (κ2) is 10.9. The van der Waals surface area contributed by atoms with Crippen LogP contribution in [0.1, 0.15) is 29.8 Å². The molecule has 1 aliphatic rings. The summed E-state index contributed by atoms with van der Waals surface area (Å²) < 4.78 is 2.62. The molecule has 4 heteroatoms. The van der Waals surface area contributed by atoms with Crippen LogP contribution in [0, 0.1) is 0 Å². The van der Waals surface area contributed by atoms with Gasteiger partial charge in [-0.3, -0.25) is 0 Å². The molecule has 2 aromatic rings. The van der Waals surface area contributed by atoms with E-state index < -0.39 is 13.3 Å². The first-order valence-corrected chi connectivity index (χ1v) is 16.8. The van der Waals surface area contributed by atoms with Gasteiger partial charge in [0.25, 0.3) is 0 Å². The number of benzene rings is 2. The summed E-state index contributed by atoms with van der Waals surface area (Å²) in [6.07, 6.45) is 7.66. The molecule has 2 aromatic carbocycles. The Morgan fingerprint density at radius 2 is 1.06 bits per heavy atom. The molecule has 0 aliphatic carbocycles. The summed E-state index contributed by atoms with van der Waals surface area (Å²) in [5.41, 5.74) is 4.07. The molecule has 172 valence electrons. The summed E-state index contributed by atoms with van der Waals surface area (Å²) in [6.45, 7) is 23.3. The molecule has 33 heavy (non-hydrogen) atoms. The number of anilines is 2. The number of ketones is 1. The Morgan fingerprint density at radius 1 is 0.697 bits per heavy atom. The minimum atomic E-state index is -2.81. The average Bonchev–Trinajstić information content (AvgIpc) is 2.84. The number of hydrogen-bond acceptors (Lipinski definition) is 3. The van der Waals surface area contributed by atoms with Crippen LogP contribution in [-0.4, -0.2) is 45.2 Å². The zero-order valence-electron chi connectivity index (χ0n) is 20.1. The van der Waals surface area contributed by atoms with Crippen molar-refractivity contribution >= 4 is 39.2 Å². The average molecular weight is 501 g/mol. The van der Waals surface area contributed by atoms with Crippen LogP contribution in [0.25, 0.3) is 0 Å². The van der Waals surface area contributed by atoms with Crippen LogP contribution >= 0.6 is 0 Å². The number of rotatable bonds is 12. The molecule has 1 aliphatic heterocycles. The number of carbonyl (C=O) groups excluding carboxylic acids is 1. The second-order valence-electron chi connectivity index (χ2n) is 8.54. The van der Waals surface area contributed by atoms with Crippen molar-refractivity contribution in [3.05, 3.63) is 98.1 Å². The van der Waals surface area contributed by atoms with Gasteiger partial charge in [0.05, 0.1) is 0 Å². The molecule has 0 spiro atoms. The van der Waals surface area contributed by atoms with E-state index in [9.17, 15) is 4.79 Å². The second-order valence-corrected chi connectivity index (χ2v) is 18.3. The zero-order valence-corrected chi connectivity index (χ0v) is 22.2. The molecular formula is C29H36GeN2O. The van der Waals surface area contributed by atoms with E-state index in [0.29, 0.717) is 0 Å². The van der Waals surface area contributed by atoms with E-state index in [1.54, 1.807) is 0 Å². The number of nitrogens with zero attached hydrogens (tertiary/aromatic N) is 2. The van der Waals surface area contributed by atoms with E-state index >= 15 is 0 Å². The quantitative estimate of drug-likeness (QED) is 0.296. The third-order valence-corrected chi connectivity index (χ3v) is 18.0. The molecule has 3 nitrogen and oxygen atoms in total. The van der Waals surface area contributed by atoms with Gasteiger partial charge in [-0.15, -0.1) is 0 Å². The van der Waals surface area contributed by atoms with Crippen LogP contribution in [0.5, 0.6) is 0 Å². The Kier molecular flexibility index (Phi) is 8.20. The van der Waals surface area contributed by atoms with E-state index in [-0.39, 0.29) is 5.78 Å². The number of fused-ring (bicyclic) bond motifs is 2. The Balaban J connectivity index is 2.22. The van der Waals surface area contributed by atoms with Crippen LogP contribution < -0.4 is 18.6 Å². The van der Waals surface area contributed by atoms with Gasteiger partial charge in [0.1, 0.15) is 0 Å². The van der Waals surface area contributed by atoms with Crippen molar-refractivity contribution in [2.45, 2.75) is 24.4 Å². The van der Waals surface area contributed by atoms with E-state index in [1.165, 1.54) is 8.79 Å². The topological polar surface area (TPSA) is 23.6 Å². The van der Waals surface area contributed by atoms with Crippen LogP contribution in [0.15, 0.2) is 87.0 Å². The predicted molar refractivity (Wildman–Crippen MR) is 148 cm³/mol. The third kappa shape index (κ3) is 4.52. The summed E-state index contributed by atoms with van der Waals surface area (Å²) in [5.74, 6) is 0.152. The molecule has 0 unspecified atom stereocenters. The fourth-order valence-corrected chi connectivity index (χ4v) is 14.8. The predicted octanol–water partition coefficient (Wildman–Crippen LogP) is 5.19. The Hall–Kier alpha value is -2.79. The van der Waals surface area contributed by atoms with Crippen LogP contribution in [0.2, 0.25) is 10.5 Å². The summed E-state index contributed by atoms with van der Waals surface area (Å²) in [5, 5.41) is 2.20. The Morgan fingerprint density at radius 3 is 1.36 bits per heavy atom. The molecule has 0 saturated carbocycles. The molecular weight excluding hydrogens is 465 g/mol. The van der Waals surface area contributed by atoms with E-state index in [2.05, 4.69) is 86.4 Å². The van der Waals surface area contributed by atoms with Crippen molar-refractivity contribution in [1.82, 2.24) is 0 Å². The normalized spacial score (nSPS) is 13.5. The van der Waals surface area contributed by atoms with Crippen molar-refractivity contribution in [1.29, 1.82) is 0 Å². The first-order chi connectivity index (χ1) is 16.0. The van der Waals surface area contributed by atoms with Gasteiger partial charge in [-0.25, -0.2) is 0 Å². The zero-order chi connectivity index (χ0) is 24.0. The Labute approximate surface area is 202 Å². The van der Waals surface area contributed by atoms with E-state index in [1.807, 2.05) is 24.3 Å². The van der Waals surface area contributed by atoms with Gasteiger partial charge in [-0.05, 0) is 0 Å². The van der Waals surface area contributed by atoms with Crippen LogP contribution in [0.4, 0.5) is 11.4 Å². The summed E-state index contributed by atoms with van der Waals surface area (Å²) >= 11 is -2.81. The standard InChI is InChI=1S/C29H36GeN2O/c1-7-17-31(18-8-2)23-13-15-25-27(21-23)30(11-5,12-6)28-22-24(14-16-26(28)29(25)33)32(19-9-3)20-10-4/h7-10,13-16,21-22H,1-4,11-12,17-20H2,5-6H3. The molecule has 0 radical (unpaired) electrons. The molecule has 0 N–H and O–H groups in total.